The number of nitrogens with zero attached hydrogens (tertiary/aromatic N) is 2. The number of likely N-dealkylation sites (N-methyl/N-ethyl adjacent to an activating group) is 1. The fraction of sp³-hybridized carbons (Fsp3) is 0.632. The van der Waals surface area contributed by atoms with Gasteiger partial charge in [0, 0.05) is 39.3 Å². The van der Waals surface area contributed by atoms with E-state index in [0.717, 1.165) is 50.6 Å². The Labute approximate surface area is 146 Å². The van der Waals surface area contributed by atoms with Gasteiger partial charge in [-0.05, 0) is 37.1 Å². The second-order valence-electron chi connectivity index (χ2n) is 6.75. The van der Waals surface area contributed by atoms with Gasteiger partial charge in [0.1, 0.15) is 5.75 Å². The first-order valence-corrected chi connectivity index (χ1v) is 8.97. The quantitative estimate of drug-likeness (QED) is 0.787. The van der Waals surface area contributed by atoms with Crippen LogP contribution in [0.15, 0.2) is 24.3 Å². The number of hydrogen-bond donors (Lipinski definition) is 1. The molecule has 0 saturated carbocycles. The molecule has 0 spiro atoms. The summed E-state index contributed by atoms with van der Waals surface area (Å²) >= 11 is 0. The molecule has 5 nitrogen and oxygen atoms in total. The fourth-order valence-electron chi connectivity index (χ4n) is 2.99. The lowest BCUT2D eigenvalue weighted by Gasteiger charge is -2.35. The smallest absolute Gasteiger partial charge is 0.257 e. The molecule has 134 valence electrons. The molecule has 0 aromatic heterocycles. The second-order valence-corrected chi connectivity index (χ2v) is 6.75. The van der Waals surface area contributed by atoms with Gasteiger partial charge in [0.25, 0.3) is 5.91 Å². The van der Waals surface area contributed by atoms with Crippen LogP contribution in [-0.4, -0.2) is 68.1 Å². The Balaban J connectivity index is 1.61. The number of hydrogen-bond acceptors (Lipinski definition) is 4. The summed E-state index contributed by atoms with van der Waals surface area (Å²) in [5.41, 5.74) is 1.13. The molecule has 5 heteroatoms. The number of carbonyl (C=O) groups is 1. The monoisotopic (exact) mass is 333 g/mol. The minimum absolute atomic E-state index is 0.0563. The van der Waals surface area contributed by atoms with Crippen LogP contribution in [0, 0.1) is 12.8 Å². The molecule has 1 aromatic rings. The molecule has 1 atom stereocenters. The van der Waals surface area contributed by atoms with Gasteiger partial charge in [0.05, 0.1) is 0 Å². The highest BCUT2D eigenvalue weighted by molar-refractivity contribution is 5.77. The Bertz CT molecular complexity index is 513. The van der Waals surface area contributed by atoms with Crippen molar-refractivity contribution in [3.05, 3.63) is 29.8 Å². The molecule has 1 saturated heterocycles. The van der Waals surface area contributed by atoms with Crippen molar-refractivity contribution >= 4 is 5.91 Å². The summed E-state index contributed by atoms with van der Waals surface area (Å²) < 4.78 is 5.53. The highest BCUT2D eigenvalue weighted by Gasteiger charge is 2.17. The van der Waals surface area contributed by atoms with E-state index in [0.29, 0.717) is 12.5 Å². The summed E-state index contributed by atoms with van der Waals surface area (Å²) in [5, 5.41) is 2.98. The van der Waals surface area contributed by atoms with Gasteiger partial charge in [-0.2, -0.15) is 0 Å². The molecular weight excluding hydrogens is 302 g/mol. The van der Waals surface area contributed by atoms with Crippen LogP contribution >= 0.6 is 0 Å². The van der Waals surface area contributed by atoms with Crippen molar-refractivity contribution in [2.24, 2.45) is 5.92 Å². The van der Waals surface area contributed by atoms with Gasteiger partial charge in [-0.15, -0.1) is 0 Å². The third-order valence-electron chi connectivity index (χ3n) is 4.49. The Morgan fingerprint density at radius 3 is 2.62 bits per heavy atom. The molecule has 2 rings (SSSR count). The van der Waals surface area contributed by atoms with Gasteiger partial charge in [0.15, 0.2) is 6.61 Å². The molecule has 1 heterocycles. The van der Waals surface area contributed by atoms with Gasteiger partial charge >= 0.3 is 0 Å². The normalized spacial score (nSPS) is 17.5. The minimum Gasteiger partial charge on any atom is -0.484 e. The van der Waals surface area contributed by atoms with Crippen LogP contribution in [0.25, 0.3) is 0 Å². The summed E-state index contributed by atoms with van der Waals surface area (Å²) in [6.45, 7) is 13.9. The molecule has 0 aliphatic carbocycles. The lowest BCUT2D eigenvalue weighted by molar-refractivity contribution is -0.123. The summed E-state index contributed by atoms with van der Waals surface area (Å²) in [4.78, 5) is 16.9. The van der Waals surface area contributed by atoms with Gasteiger partial charge in [-0.1, -0.05) is 26.0 Å². The van der Waals surface area contributed by atoms with Gasteiger partial charge < -0.3 is 19.9 Å². The number of piperazine rings is 1. The van der Waals surface area contributed by atoms with E-state index in [1.807, 2.05) is 31.2 Å². The predicted molar refractivity (Wildman–Crippen MR) is 97.4 cm³/mol. The first-order chi connectivity index (χ1) is 11.6. The minimum atomic E-state index is -0.0563. The maximum atomic E-state index is 11.9. The zero-order chi connectivity index (χ0) is 17.4. The largest absolute Gasteiger partial charge is 0.484 e. The second kappa shape index (κ2) is 9.64. The molecule has 24 heavy (non-hydrogen) atoms. The Hall–Kier alpha value is -1.59. The fourth-order valence-corrected chi connectivity index (χ4v) is 2.99. The lowest BCUT2D eigenvalue weighted by atomic mass is 10.1. The SMILES string of the molecule is CCN1CCN(C[C@@H](C)CNC(=O)COc2cccc(C)c2)CC1. The Kier molecular flexibility index (Phi) is 7.53. The van der Waals surface area contributed by atoms with E-state index in [-0.39, 0.29) is 12.5 Å². The molecule has 0 radical (unpaired) electrons. The number of rotatable bonds is 8. The zero-order valence-electron chi connectivity index (χ0n) is 15.3. The predicted octanol–water partition coefficient (Wildman–Crippen LogP) is 1.76. The van der Waals surface area contributed by atoms with Crippen molar-refractivity contribution in [2.45, 2.75) is 20.8 Å². The molecular formula is C19H31N3O2. The molecule has 1 N–H and O–H groups in total. The van der Waals surface area contributed by atoms with Crippen LogP contribution in [0.3, 0.4) is 0 Å². The summed E-state index contributed by atoms with van der Waals surface area (Å²) in [6, 6.07) is 7.75. The summed E-state index contributed by atoms with van der Waals surface area (Å²) in [7, 11) is 0. The lowest BCUT2D eigenvalue weighted by Crippen LogP contribution is -2.48. The summed E-state index contributed by atoms with van der Waals surface area (Å²) in [6.07, 6.45) is 0. The van der Waals surface area contributed by atoms with Crippen LogP contribution in [0.1, 0.15) is 19.4 Å². The third kappa shape index (κ3) is 6.49. The van der Waals surface area contributed by atoms with Crippen LogP contribution in [-0.2, 0) is 4.79 Å². The number of aryl methyl sites for hydroxylation is 1. The molecule has 0 unspecified atom stereocenters. The molecule has 1 fully saturated rings. The molecule has 0 bridgehead atoms. The van der Waals surface area contributed by atoms with E-state index >= 15 is 0 Å². The van der Waals surface area contributed by atoms with Crippen molar-refractivity contribution in [1.82, 2.24) is 15.1 Å². The van der Waals surface area contributed by atoms with E-state index in [1.165, 1.54) is 0 Å². The zero-order valence-corrected chi connectivity index (χ0v) is 15.3. The van der Waals surface area contributed by atoms with Gasteiger partial charge in [-0.25, -0.2) is 0 Å². The molecule has 1 amide bonds. The topological polar surface area (TPSA) is 44.8 Å². The number of nitrogens with one attached hydrogen (secondary N) is 1. The number of benzene rings is 1. The van der Waals surface area contributed by atoms with Crippen LogP contribution < -0.4 is 10.1 Å². The van der Waals surface area contributed by atoms with E-state index < -0.39 is 0 Å². The van der Waals surface area contributed by atoms with E-state index in [1.54, 1.807) is 0 Å². The number of ether oxygens (including phenoxy) is 1. The molecule has 1 aliphatic rings. The highest BCUT2D eigenvalue weighted by atomic mass is 16.5. The third-order valence-corrected chi connectivity index (χ3v) is 4.49. The van der Waals surface area contributed by atoms with E-state index in [2.05, 4.69) is 29.0 Å². The van der Waals surface area contributed by atoms with Gasteiger partial charge in [0.2, 0.25) is 0 Å². The summed E-state index contributed by atoms with van der Waals surface area (Å²) in [5.74, 6) is 1.13. The van der Waals surface area contributed by atoms with E-state index in [4.69, 9.17) is 4.74 Å². The van der Waals surface area contributed by atoms with Crippen molar-refractivity contribution in [1.29, 1.82) is 0 Å². The van der Waals surface area contributed by atoms with Crippen molar-refractivity contribution in [2.75, 3.05) is 52.4 Å². The Morgan fingerprint density at radius 2 is 1.96 bits per heavy atom. The molecule has 1 aliphatic heterocycles. The standard InChI is InChI=1S/C19H31N3O2/c1-4-21-8-10-22(11-9-21)14-17(3)13-20-19(23)15-24-18-7-5-6-16(2)12-18/h5-7,12,17H,4,8-11,13-15H2,1-3H3,(H,20,23)/t17-/m0/s1. The number of carbonyl (C=O) groups excluding carboxylic acids is 1. The number of amides is 1. The van der Waals surface area contributed by atoms with Crippen molar-refractivity contribution in [3.8, 4) is 5.75 Å². The maximum absolute atomic E-state index is 11.9. The highest BCUT2D eigenvalue weighted by Crippen LogP contribution is 2.12. The maximum Gasteiger partial charge on any atom is 0.257 e. The Morgan fingerprint density at radius 1 is 1.25 bits per heavy atom. The van der Waals surface area contributed by atoms with Crippen LogP contribution in [0.2, 0.25) is 0 Å². The average molecular weight is 333 g/mol. The average Bonchev–Trinajstić information content (AvgIpc) is 2.59. The van der Waals surface area contributed by atoms with Crippen LogP contribution in [0.4, 0.5) is 0 Å². The van der Waals surface area contributed by atoms with Crippen molar-refractivity contribution in [3.63, 3.8) is 0 Å². The van der Waals surface area contributed by atoms with Gasteiger partial charge in [-0.3, -0.25) is 4.79 Å². The van der Waals surface area contributed by atoms with E-state index in [9.17, 15) is 4.79 Å². The first-order valence-electron chi connectivity index (χ1n) is 8.97. The molecule has 1 aromatic carbocycles. The first kappa shape index (κ1) is 18.7. The van der Waals surface area contributed by atoms with Crippen LogP contribution in [0.5, 0.6) is 5.75 Å². The van der Waals surface area contributed by atoms with Crippen molar-refractivity contribution < 1.29 is 9.53 Å².